The number of aryl methyl sites for hydroxylation is 1. The molecule has 0 atom stereocenters. The van der Waals surface area contributed by atoms with Crippen molar-refractivity contribution in [1.29, 1.82) is 0 Å². The predicted octanol–water partition coefficient (Wildman–Crippen LogP) is 5.12. The van der Waals surface area contributed by atoms with Gasteiger partial charge in [-0.2, -0.15) is 0 Å². The molecule has 174 valence electrons. The van der Waals surface area contributed by atoms with Crippen LogP contribution < -0.4 is 15.5 Å². The van der Waals surface area contributed by atoms with Crippen LogP contribution in [0.4, 0.5) is 17.1 Å². The molecule has 0 aliphatic carbocycles. The summed E-state index contributed by atoms with van der Waals surface area (Å²) in [5, 5.41) is 5.62. The van der Waals surface area contributed by atoms with E-state index in [0.29, 0.717) is 29.0 Å². The van der Waals surface area contributed by atoms with Crippen molar-refractivity contribution in [1.82, 2.24) is 0 Å². The molecule has 0 saturated heterocycles. The third-order valence-electron chi connectivity index (χ3n) is 5.75. The van der Waals surface area contributed by atoms with Crippen LogP contribution in [0.1, 0.15) is 22.5 Å². The molecule has 0 saturated carbocycles. The van der Waals surface area contributed by atoms with Crippen LogP contribution in [0.5, 0.6) is 0 Å². The van der Waals surface area contributed by atoms with Crippen molar-refractivity contribution in [3.8, 4) is 11.3 Å². The van der Waals surface area contributed by atoms with Gasteiger partial charge in [-0.25, -0.2) is 0 Å². The monoisotopic (exact) mass is 465 g/mol. The topological polar surface area (TPSA) is 91.7 Å². The third kappa shape index (κ3) is 4.99. The summed E-state index contributed by atoms with van der Waals surface area (Å²) >= 11 is 0. The zero-order chi connectivity index (χ0) is 24.2. The highest BCUT2D eigenvalue weighted by molar-refractivity contribution is 6.15. The van der Waals surface area contributed by atoms with Crippen molar-refractivity contribution in [3.63, 3.8) is 0 Å². The Labute approximate surface area is 202 Å². The van der Waals surface area contributed by atoms with Crippen molar-refractivity contribution in [2.45, 2.75) is 12.8 Å². The minimum absolute atomic E-state index is 0.0485. The Morgan fingerprint density at radius 2 is 1.63 bits per heavy atom. The molecule has 0 spiro atoms. The summed E-state index contributed by atoms with van der Waals surface area (Å²) in [7, 11) is 0. The molecule has 5 rings (SSSR count). The van der Waals surface area contributed by atoms with Gasteiger partial charge in [0.15, 0.2) is 0 Å². The number of nitrogens with one attached hydrogen (secondary N) is 2. The molecule has 1 aromatic heterocycles. The van der Waals surface area contributed by atoms with Crippen molar-refractivity contribution in [2.24, 2.45) is 0 Å². The lowest BCUT2D eigenvalue weighted by atomic mass is 10.1. The van der Waals surface area contributed by atoms with E-state index in [2.05, 4.69) is 10.6 Å². The largest absolute Gasteiger partial charge is 0.461 e. The van der Waals surface area contributed by atoms with Gasteiger partial charge in [-0.1, -0.05) is 42.5 Å². The molecule has 0 unspecified atom stereocenters. The second-order valence-corrected chi connectivity index (χ2v) is 8.21. The quantitative estimate of drug-likeness (QED) is 0.414. The summed E-state index contributed by atoms with van der Waals surface area (Å²) in [4.78, 5) is 39.0. The summed E-state index contributed by atoms with van der Waals surface area (Å²) in [6.45, 7) is -0.0485. The molecule has 3 amide bonds. The second kappa shape index (κ2) is 9.69. The molecule has 0 radical (unpaired) electrons. The lowest BCUT2D eigenvalue weighted by Gasteiger charge is -2.29. The van der Waals surface area contributed by atoms with Gasteiger partial charge in [0.25, 0.3) is 5.91 Å². The minimum Gasteiger partial charge on any atom is -0.461 e. The van der Waals surface area contributed by atoms with Gasteiger partial charge in [0.05, 0.1) is 11.4 Å². The molecule has 7 nitrogen and oxygen atoms in total. The number of hydrogen-bond acceptors (Lipinski definition) is 4. The van der Waals surface area contributed by atoms with Crippen LogP contribution in [0.15, 0.2) is 95.4 Å². The Morgan fingerprint density at radius 3 is 2.43 bits per heavy atom. The summed E-state index contributed by atoms with van der Waals surface area (Å²) in [5.74, 6) is 0.842. The van der Waals surface area contributed by atoms with Gasteiger partial charge < -0.3 is 15.1 Å². The van der Waals surface area contributed by atoms with Crippen LogP contribution in [0.25, 0.3) is 11.3 Å². The van der Waals surface area contributed by atoms with E-state index in [1.807, 2.05) is 48.5 Å². The number of anilines is 3. The summed E-state index contributed by atoms with van der Waals surface area (Å²) in [5.41, 5.74) is 3.27. The standard InChI is InChI=1S/C28H23N3O4/c32-26(17-15-22-14-16-25(35-22)19-6-2-1-3-7-19)29-21-12-10-20(11-13-21)28(34)31-18-27(33)30-23-8-4-5-9-24(23)31/h1-14,16H,15,17-18H2,(H,29,32)(H,30,33). The van der Waals surface area contributed by atoms with E-state index in [4.69, 9.17) is 4.42 Å². The van der Waals surface area contributed by atoms with Gasteiger partial charge >= 0.3 is 0 Å². The zero-order valence-corrected chi connectivity index (χ0v) is 18.9. The molecule has 3 aromatic carbocycles. The fraction of sp³-hybridized carbons (Fsp3) is 0.107. The van der Waals surface area contributed by atoms with Crippen LogP contribution in [-0.4, -0.2) is 24.3 Å². The maximum absolute atomic E-state index is 13.1. The second-order valence-electron chi connectivity index (χ2n) is 8.21. The lowest BCUT2D eigenvalue weighted by molar-refractivity contribution is -0.116. The molecule has 35 heavy (non-hydrogen) atoms. The number of para-hydroxylation sites is 2. The highest BCUT2D eigenvalue weighted by atomic mass is 16.3. The molecule has 2 heterocycles. The third-order valence-corrected chi connectivity index (χ3v) is 5.75. The highest BCUT2D eigenvalue weighted by Gasteiger charge is 2.27. The van der Waals surface area contributed by atoms with E-state index < -0.39 is 0 Å². The summed E-state index contributed by atoms with van der Waals surface area (Å²) < 4.78 is 5.85. The summed E-state index contributed by atoms with van der Waals surface area (Å²) in [6.07, 6.45) is 0.744. The number of amides is 3. The number of carbonyl (C=O) groups excluding carboxylic acids is 3. The zero-order valence-electron chi connectivity index (χ0n) is 18.9. The SMILES string of the molecule is O=C(CCc1ccc(-c2ccccc2)o1)Nc1ccc(C(=O)N2CC(=O)Nc3ccccc32)cc1. The first-order valence-corrected chi connectivity index (χ1v) is 11.3. The number of benzene rings is 3. The first-order valence-electron chi connectivity index (χ1n) is 11.3. The van der Waals surface area contributed by atoms with E-state index in [1.165, 1.54) is 4.90 Å². The Balaban J connectivity index is 1.18. The van der Waals surface area contributed by atoms with E-state index in [-0.39, 0.29) is 30.7 Å². The Kier molecular flexibility index (Phi) is 6.13. The predicted molar refractivity (Wildman–Crippen MR) is 134 cm³/mol. The molecule has 0 bridgehead atoms. The van der Waals surface area contributed by atoms with Crippen molar-refractivity contribution in [3.05, 3.63) is 102 Å². The lowest BCUT2D eigenvalue weighted by Crippen LogP contribution is -2.42. The molecule has 4 aromatic rings. The van der Waals surface area contributed by atoms with Gasteiger partial charge in [0.2, 0.25) is 11.8 Å². The van der Waals surface area contributed by atoms with Gasteiger partial charge in [-0.05, 0) is 48.5 Å². The van der Waals surface area contributed by atoms with Gasteiger partial charge in [-0.3, -0.25) is 19.3 Å². The first-order chi connectivity index (χ1) is 17.1. The van der Waals surface area contributed by atoms with Crippen molar-refractivity contribution >= 4 is 34.8 Å². The summed E-state index contributed by atoms with van der Waals surface area (Å²) in [6, 6.07) is 27.4. The number of nitrogens with zero attached hydrogens (tertiary/aromatic N) is 1. The molecule has 1 aliphatic rings. The van der Waals surface area contributed by atoms with Crippen molar-refractivity contribution in [2.75, 3.05) is 22.1 Å². The number of hydrogen-bond donors (Lipinski definition) is 2. The fourth-order valence-corrected chi connectivity index (χ4v) is 4.00. The average molecular weight is 466 g/mol. The van der Waals surface area contributed by atoms with E-state index >= 15 is 0 Å². The molecular weight excluding hydrogens is 442 g/mol. The fourth-order valence-electron chi connectivity index (χ4n) is 4.00. The molecule has 2 N–H and O–H groups in total. The number of carbonyl (C=O) groups is 3. The van der Waals surface area contributed by atoms with Crippen LogP contribution in [0, 0.1) is 0 Å². The van der Waals surface area contributed by atoms with Gasteiger partial charge in [0, 0.05) is 29.7 Å². The number of furan rings is 1. The van der Waals surface area contributed by atoms with Crippen LogP contribution >= 0.6 is 0 Å². The van der Waals surface area contributed by atoms with Gasteiger partial charge in [0.1, 0.15) is 18.1 Å². The van der Waals surface area contributed by atoms with Crippen LogP contribution in [0.2, 0.25) is 0 Å². The maximum Gasteiger partial charge on any atom is 0.258 e. The van der Waals surface area contributed by atoms with Crippen LogP contribution in [0.3, 0.4) is 0 Å². The van der Waals surface area contributed by atoms with E-state index in [9.17, 15) is 14.4 Å². The molecule has 1 aliphatic heterocycles. The molecular formula is C28H23N3O4. The number of rotatable bonds is 6. The average Bonchev–Trinajstić information content (AvgIpc) is 3.37. The highest BCUT2D eigenvalue weighted by Crippen LogP contribution is 2.30. The van der Waals surface area contributed by atoms with E-state index in [1.54, 1.807) is 42.5 Å². The van der Waals surface area contributed by atoms with E-state index in [0.717, 1.165) is 17.1 Å². The Hall–Kier alpha value is -4.65. The first kappa shape index (κ1) is 22.2. The van der Waals surface area contributed by atoms with Crippen LogP contribution in [-0.2, 0) is 16.0 Å². The normalized spacial score (nSPS) is 12.6. The smallest absolute Gasteiger partial charge is 0.258 e. The van der Waals surface area contributed by atoms with Gasteiger partial charge in [-0.15, -0.1) is 0 Å². The maximum atomic E-state index is 13.1. The Morgan fingerprint density at radius 1 is 0.886 bits per heavy atom. The van der Waals surface area contributed by atoms with Crippen molar-refractivity contribution < 1.29 is 18.8 Å². The molecule has 7 heteroatoms. The Bertz CT molecular complexity index is 1380. The molecule has 0 fully saturated rings. The number of fused-ring (bicyclic) bond motifs is 1. The minimum atomic E-state index is -0.280.